The van der Waals surface area contributed by atoms with Crippen molar-refractivity contribution in [2.75, 3.05) is 33.9 Å². The summed E-state index contributed by atoms with van der Waals surface area (Å²) in [6, 6.07) is 10.7. The van der Waals surface area contributed by atoms with Gasteiger partial charge in [0, 0.05) is 26.2 Å². The van der Waals surface area contributed by atoms with Crippen LogP contribution in [0.2, 0.25) is 0 Å². The first-order chi connectivity index (χ1) is 13.3. The number of hydrogen-bond acceptors (Lipinski definition) is 6. The lowest BCUT2D eigenvalue weighted by Gasteiger charge is -2.20. The second-order valence-corrected chi connectivity index (χ2v) is 8.59. The SMILES string of the molecule is CN(C)S(=O)(=O)c1ccc(C(=O)NCC(O)c2ccc3c(c2)OCCO3)cc1. The molecule has 2 aromatic rings. The van der Waals surface area contributed by atoms with E-state index in [0.717, 1.165) is 4.31 Å². The van der Waals surface area contributed by atoms with Gasteiger partial charge in [-0.2, -0.15) is 0 Å². The summed E-state index contributed by atoms with van der Waals surface area (Å²) < 4.78 is 36.2. The molecule has 0 aromatic heterocycles. The normalized spacial score (nSPS) is 14.6. The van der Waals surface area contributed by atoms with E-state index in [0.29, 0.717) is 35.8 Å². The van der Waals surface area contributed by atoms with Crippen LogP contribution in [0.5, 0.6) is 11.5 Å². The van der Waals surface area contributed by atoms with E-state index in [1.165, 1.54) is 38.4 Å². The van der Waals surface area contributed by atoms with Crippen LogP contribution in [0.3, 0.4) is 0 Å². The third kappa shape index (κ3) is 4.27. The van der Waals surface area contributed by atoms with Crippen LogP contribution in [0.15, 0.2) is 47.4 Å². The maximum Gasteiger partial charge on any atom is 0.251 e. The summed E-state index contributed by atoms with van der Waals surface area (Å²) in [6.07, 6.45) is -0.923. The lowest BCUT2D eigenvalue weighted by Crippen LogP contribution is -2.28. The Hall–Kier alpha value is -2.62. The molecule has 1 aliphatic rings. The first-order valence-electron chi connectivity index (χ1n) is 8.67. The van der Waals surface area contributed by atoms with Crippen molar-refractivity contribution in [3.8, 4) is 11.5 Å². The molecule has 2 aromatic carbocycles. The van der Waals surface area contributed by atoms with Gasteiger partial charge in [-0.05, 0) is 42.0 Å². The topological polar surface area (TPSA) is 105 Å². The van der Waals surface area contributed by atoms with Crippen LogP contribution < -0.4 is 14.8 Å². The Balaban J connectivity index is 1.62. The Morgan fingerprint density at radius 2 is 1.75 bits per heavy atom. The highest BCUT2D eigenvalue weighted by Crippen LogP contribution is 2.32. The minimum absolute atomic E-state index is 0.00375. The average molecular weight is 406 g/mol. The fraction of sp³-hybridized carbons (Fsp3) is 0.316. The van der Waals surface area contributed by atoms with Gasteiger partial charge in [-0.3, -0.25) is 4.79 Å². The molecule has 1 unspecified atom stereocenters. The molecule has 0 spiro atoms. The number of benzene rings is 2. The first kappa shape index (κ1) is 20.1. The van der Waals surface area contributed by atoms with Crippen molar-refractivity contribution in [1.82, 2.24) is 9.62 Å². The van der Waals surface area contributed by atoms with E-state index in [9.17, 15) is 18.3 Å². The minimum atomic E-state index is -3.55. The molecule has 8 nitrogen and oxygen atoms in total. The van der Waals surface area contributed by atoms with E-state index in [4.69, 9.17) is 9.47 Å². The molecular formula is C19H22N2O6S. The van der Waals surface area contributed by atoms with Gasteiger partial charge < -0.3 is 19.9 Å². The van der Waals surface area contributed by atoms with Gasteiger partial charge in [0.05, 0.1) is 11.0 Å². The maximum absolute atomic E-state index is 12.3. The highest BCUT2D eigenvalue weighted by molar-refractivity contribution is 7.89. The monoisotopic (exact) mass is 406 g/mol. The van der Waals surface area contributed by atoms with Crippen LogP contribution in [-0.2, 0) is 10.0 Å². The third-order valence-corrected chi connectivity index (χ3v) is 6.13. The molecular weight excluding hydrogens is 384 g/mol. The van der Waals surface area contributed by atoms with Crippen LogP contribution in [0.25, 0.3) is 0 Å². The van der Waals surface area contributed by atoms with Gasteiger partial charge in [0.1, 0.15) is 13.2 Å². The van der Waals surface area contributed by atoms with Crippen molar-refractivity contribution < 1.29 is 27.8 Å². The number of nitrogens with zero attached hydrogens (tertiary/aromatic N) is 1. The molecule has 0 bridgehead atoms. The van der Waals surface area contributed by atoms with Gasteiger partial charge in [0.15, 0.2) is 11.5 Å². The number of hydrogen-bond donors (Lipinski definition) is 2. The number of aliphatic hydroxyl groups is 1. The Kier molecular flexibility index (Phi) is 5.87. The summed E-state index contributed by atoms with van der Waals surface area (Å²) in [5, 5.41) is 13.0. The van der Waals surface area contributed by atoms with Crippen LogP contribution in [-0.4, -0.2) is 57.6 Å². The second-order valence-electron chi connectivity index (χ2n) is 6.44. The fourth-order valence-electron chi connectivity index (χ4n) is 2.67. The maximum atomic E-state index is 12.3. The number of rotatable bonds is 6. The molecule has 0 radical (unpaired) electrons. The van der Waals surface area contributed by atoms with Crippen LogP contribution >= 0.6 is 0 Å². The molecule has 0 fully saturated rings. The highest BCUT2D eigenvalue weighted by atomic mass is 32.2. The van der Waals surface area contributed by atoms with Crippen molar-refractivity contribution >= 4 is 15.9 Å². The largest absolute Gasteiger partial charge is 0.486 e. The lowest BCUT2D eigenvalue weighted by atomic mass is 10.1. The predicted octanol–water partition coefficient (Wildman–Crippen LogP) is 1.17. The van der Waals surface area contributed by atoms with E-state index in [-0.39, 0.29) is 11.4 Å². The number of fused-ring (bicyclic) bond motifs is 1. The summed E-state index contributed by atoms with van der Waals surface area (Å²) >= 11 is 0. The van der Waals surface area contributed by atoms with Crippen molar-refractivity contribution in [2.24, 2.45) is 0 Å². The summed E-state index contributed by atoms with van der Waals surface area (Å²) in [6.45, 7) is 0.929. The Morgan fingerprint density at radius 3 is 2.39 bits per heavy atom. The quantitative estimate of drug-likeness (QED) is 0.746. The Labute approximate surface area is 163 Å². The Bertz CT molecular complexity index is 957. The number of aliphatic hydroxyl groups excluding tert-OH is 1. The second kappa shape index (κ2) is 8.17. The molecule has 1 amide bonds. The fourth-order valence-corrected chi connectivity index (χ4v) is 3.57. The minimum Gasteiger partial charge on any atom is -0.486 e. The van der Waals surface area contributed by atoms with E-state index < -0.39 is 22.0 Å². The number of amides is 1. The number of sulfonamides is 1. The summed E-state index contributed by atoms with van der Waals surface area (Å²) in [7, 11) is -0.670. The van der Waals surface area contributed by atoms with Crippen molar-refractivity contribution in [2.45, 2.75) is 11.0 Å². The zero-order chi connectivity index (χ0) is 20.3. The van der Waals surface area contributed by atoms with E-state index >= 15 is 0 Å². The molecule has 9 heteroatoms. The molecule has 3 rings (SSSR count). The average Bonchev–Trinajstić information content (AvgIpc) is 2.71. The van der Waals surface area contributed by atoms with Gasteiger partial charge in [-0.25, -0.2) is 12.7 Å². The molecule has 150 valence electrons. The van der Waals surface area contributed by atoms with Crippen LogP contribution in [0.4, 0.5) is 0 Å². The molecule has 28 heavy (non-hydrogen) atoms. The molecule has 1 atom stereocenters. The Morgan fingerprint density at radius 1 is 1.11 bits per heavy atom. The molecule has 1 aliphatic heterocycles. The number of carbonyl (C=O) groups is 1. The zero-order valence-electron chi connectivity index (χ0n) is 15.6. The zero-order valence-corrected chi connectivity index (χ0v) is 16.4. The predicted molar refractivity (Wildman–Crippen MR) is 102 cm³/mol. The molecule has 0 saturated carbocycles. The van der Waals surface area contributed by atoms with Crippen molar-refractivity contribution in [1.29, 1.82) is 0 Å². The van der Waals surface area contributed by atoms with Crippen LogP contribution in [0.1, 0.15) is 22.0 Å². The number of nitrogens with one attached hydrogen (secondary N) is 1. The highest BCUT2D eigenvalue weighted by Gasteiger charge is 2.19. The number of ether oxygens (including phenoxy) is 2. The van der Waals surface area contributed by atoms with Gasteiger partial charge in [0.2, 0.25) is 10.0 Å². The van der Waals surface area contributed by atoms with Gasteiger partial charge in [0.25, 0.3) is 5.91 Å². The van der Waals surface area contributed by atoms with Gasteiger partial charge in [-0.1, -0.05) is 6.07 Å². The van der Waals surface area contributed by atoms with E-state index in [2.05, 4.69) is 5.32 Å². The number of carbonyl (C=O) groups excluding carboxylic acids is 1. The molecule has 0 saturated heterocycles. The third-order valence-electron chi connectivity index (χ3n) is 4.30. The van der Waals surface area contributed by atoms with Crippen molar-refractivity contribution in [3.05, 3.63) is 53.6 Å². The van der Waals surface area contributed by atoms with Gasteiger partial charge >= 0.3 is 0 Å². The summed E-state index contributed by atoms with van der Waals surface area (Å²) in [5.74, 6) is 0.774. The van der Waals surface area contributed by atoms with Gasteiger partial charge in [-0.15, -0.1) is 0 Å². The van der Waals surface area contributed by atoms with Crippen LogP contribution in [0, 0.1) is 0 Å². The standard InChI is InChI=1S/C19H22N2O6S/c1-21(2)28(24,25)15-6-3-13(4-7-15)19(23)20-12-16(22)14-5-8-17-18(11-14)27-10-9-26-17/h3-8,11,16,22H,9-10,12H2,1-2H3,(H,20,23). The molecule has 2 N–H and O–H groups in total. The summed E-state index contributed by atoms with van der Waals surface area (Å²) in [4.78, 5) is 12.4. The summed E-state index contributed by atoms with van der Waals surface area (Å²) in [5.41, 5.74) is 0.893. The smallest absolute Gasteiger partial charge is 0.251 e. The van der Waals surface area contributed by atoms with E-state index in [1.807, 2.05) is 0 Å². The van der Waals surface area contributed by atoms with Crippen molar-refractivity contribution in [3.63, 3.8) is 0 Å². The lowest BCUT2D eigenvalue weighted by molar-refractivity contribution is 0.0915. The molecule has 1 heterocycles. The van der Waals surface area contributed by atoms with E-state index in [1.54, 1.807) is 18.2 Å². The first-order valence-corrected chi connectivity index (χ1v) is 10.1. The molecule has 0 aliphatic carbocycles.